The van der Waals surface area contributed by atoms with Crippen molar-refractivity contribution in [2.24, 2.45) is 0 Å². The molecule has 0 aliphatic carbocycles. The summed E-state index contributed by atoms with van der Waals surface area (Å²) < 4.78 is 4.76. The highest BCUT2D eigenvalue weighted by Crippen LogP contribution is 2.37. The standard InChI is InChI=1S/C14H15NO4/c1-8-13(14(18)19-2)10(7-12(17)15-8)9-5-3-4-6-11(9)16/h3-6,10,16H,7H2,1-2H3,(H,15,17). The molecule has 19 heavy (non-hydrogen) atoms. The Labute approximate surface area is 110 Å². The minimum Gasteiger partial charge on any atom is -0.508 e. The fraction of sp³-hybridized carbons (Fsp3) is 0.286. The number of methoxy groups -OCH3 is 1. The van der Waals surface area contributed by atoms with Crippen molar-refractivity contribution >= 4 is 11.9 Å². The molecule has 1 atom stereocenters. The smallest absolute Gasteiger partial charge is 0.336 e. The third kappa shape index (κ3) is 2.45. The maximum absolute atomic E-state index is 11.9. The summed E-state index contributed by atoms with van der Waals surface area (Å²) in [5.41, 5.74) is 1.40. The first-order valence-corrected chi connectivity index (χ1v) is 5.91. The van der Waals surface area contributed by atoms with Crippen LogP contribution in [0.5, 0.6) is 5.75 Å². The molecule has 0 fully saturated rings. The maximum atomic E-state index is 11.9. The Morgan fingerprint density at radius 3 is 2.74 bits per heavy atom. The quantitative estimate of drug-likeness (QED) is 0.790. The van der Waals surface area contributed by atoms with Crippen LogP contribution >= 0.6 is 0 Å². The van der Waals surface area contributed by atoms with Crippen LogP contribution in [0.1, 0.15) is 24.8 Å². The van der Waals surface area contributed by atoms with Crippen molar-refractivity contribution in [2.45, 2.75) is 19.3 Å². The lowest BCUT2D eigenvalue weighted by Gasteiger charge is -2.26. The Morgan fingerprint density at radius 2 is 2.11 bits per heavy atom. The first kappa shape index (κ1) is 13.1. The Hall–Kier alpha value is -2.30. The molecule has 2 rings (SSSR count). The van der Waals surface area contributed by atoms with Gasteiger partial charge in [-0.2, -0.15) is 0 Å². The van der Waals surface area contributed by atoms with Crippen LogP contribution in [0.15, 0.2) is 35.5 Å². The predicted octanol–water partition coefficient (Wildman–Crippen LogP) is 1.44. The van der Waals surface area contributed by atoms with Gasteiger partial charge in [-0.3, -0.25) is 4.79 Å². The summed E-state index contributed by atoms with van der Waals surface area (Å²) in [5, 5.41) is 12.5. The number of hydrogen-bond donors (Lipinski definition) is 2. The molecule has 100 valence electrons. The highest BCUT2D eigenvalue weighted by atomic mass is 16.5. The van der Waals surface area contributed by atoms with Gasteiger partial charge in [0.1, 0.15) is 5.75 Å². The second-order valence-electron chi connectivity index (χ2n) is 4.39. The lowest BCUT2D eigenvalue weighted by atomic mass is 9.84. The van der Waals surface area contributed by atoms with Crippen molar-refractivity contribution in [3.63, 3.8) is 0 Å². The number of rotatable bonds is 2. The molecule has 5 nitrogen and oxygen atoms in total. The minimum absolute atomic E-state index is 0.0661. The van der Waals surface area contributed by atoms with Gasteiger partial charge in [-0.05, 0) is 13.0 Å². The van der Waals surface area contributed by atoms with E-state index in [1.54, 1.807) is 25.1 Å². The summed E-state index contributed by atoms with van der Waals surface area (Å²) in [7, 11) is 1.29. The molecule has 1 aromatic rings. The van der Waals surface area contributed by atoms with Crippen LogP contribution < -0.4 is 5.32 Å². The number of carbonyl (C=O) groups is 2. The van der Waals surface area contributed by atoms with Crippen LogP contribution in [-0.2, 0) is 14.3 Å². The summed E-state index contributed by atoms with van der Waals surface area (Å²) in [6.07, 6.45) is 0.110. The normalized spacial score (nSPS) is 19.1. The molecule has 1 unspecified atom stereocenters. The van der Waals surface area contributed by atoms with E-state index in [0.717, 1.165) is 0 Å². The predicted molar refractivity (Wildman–Crippen MR) is 68.3 cm³/mol. The van der Waals surface area contributed by atoms with Gasteiger partial charge in [0.2, 0.25) is 5.91 Å². The van der Waals surface area contributed by atoms with Crippen LogP contribution in [0.25, 0.3) is 0 Å². The van der Waals surface area contributed by atoms with E-state index in [0.29, 0.717) is 16.8 Å². The number of nitrogens with one attached hydrogen (secondary N) is 1. The van der Waals surface area contributed by atoms with Crippen molar-refractivity contribution in [3.8, 4) is 5.75 Å². The molecule has 0 bridgehead atoms. The van der Waals surface area contributed by atoms with Gasteiger partial charge >= 0.3 is 5.97 Å². The SMILES string of the molecule is COC(=O)C1=C(C)NC(=O)CC1c1ccccc1O. The van der Waals surface area contributed by atoms with Crippen molar-refractivity contribution < 1.29 is 19.4 Å². The molecule has 1 heterocycles. The highest BCUT2D eigenvalue weighted by molar-refractivity contribution is 5.95. The number of benzene rings is 1. The van der Waals surface area contributed by atoms with Crippen LogP contribution in [0.3, 0.4) is 0 Å². The molecule has 0 saturated carbocycles. The van der Waals surface area contributed by atoms with Gasteiger partial charge in [0.25, 0.3) is 0 Å². The summed E-state index contributed by atoms with van der Waals surface area (Å²) >= 11 is 0. The van der Waals surface area contributed by atoms with Crippen LogP contribution in [0.2, 0.25) is 0 Å². The van der Waals surface area contributed by atoms with E-state index in [9.17, 15) is 14.7 Å². The largest absolute Gasteiger partial charge is 0.508 e. The second-order valence-corrected chi connectivity index (χ2v) is 4.39. The molecule has 1 aliphatic heterocycles. The zero-order valence-electron chi connectivity index (χ0n) is 10.8. The number of esters is 1. The number of phenols is 1. The number of amides is 1. The first-order valence-electron chi connectivity index (χ1n) is 5.91. The lowest BCUT2D eigenvalue weighted by Crippen LogP contribution is -2.34. The Bertz CT molecular complexity index is 562. The fourth-order valence-electron chi connectivity index (χ4n) is 2.33. The van der Waals surface area contributed by atoms with Crippen LogP contribution in [0.4, 0.5) is 0 Å². The van der Waals surface area contributed by atoms with E-state index in [-0.39, 0.29) is 18.1 Å². The molecule has 1 aromatic carbocycles. The van der Waals surface area contributed by atoms with E-state index < -0.39 is 11.9 Å². The monoisotopic (exact) mass is 261 g/mol. The zero-order valence-corrected chi connectivity index (χ0v) is 10.8. The number of para-hydroxylation sites is 1. The van der Waals surface area contributed by atoms with E-state index >= 15 is 0 Å². The third-order valence-corrected chi connectivity index (χ3v) is 3.19. The third-order valence-electron chi connectivity index (χ3n) is 3.19. The Balaban J connectivity index is 2.53. The van der Waals surface area contributed by atoms with Gasteiger partial charge in [0.05, 0.1) is 12.7 Å². The maximum Gasteiger partial charge on any atom is 0.336 e. The fourth-order valence-corrected chi connectivity index (χ4v) is 2.33. The second kappa shape index (κ2) is 5.14. The summed E-state index contributed by atoms with van der Waals surface area (Å²) in [6.45, 7) is 1.65. The molecule has 0 aromatic heterocycles. The Kier molecular flexibility index (Phi) is 3.55. The average Bonchev–Trinajstić information content (AvgIpc) is 2.37. The molecule has 0 saturated heterocycles. The molecule has 1 amide bonds. The van der Waals surface area contributed by atoms with Crippen molar-refractivity contribution in [1.82, 2.24) is 5.32 Å². The van der Waals surface area contributed by atoms with E-state index in [2.05, 4.69) is 5.32 Å². The topological polar surface area (TPSA) is 75.6 Å². The van der Waals surface area contributed by atoms with Gasteiger partial charge in [-0.15, -0.1) is 0 Å². The van der Waals surface area contributed by atoms with E-state index in [1.807, 2.05) is 0 Å². The lowest BCUT2D eigenvalue weighted by molar-refractivity contribution is -0.136. The highest BCUT2D eigenvalue weighted by Gasteiger charge is 2.33. The van der Waals surface area contributed by atoms with Crippen LogP contribution in [-0.4, -0.2) is 24.1 Å². The van der Waals surface area contributed by atoms with E-state index in [1.165, 1.54) is 13.2 Å². The van der Waals surface area contributed by atoms with Crippen molar-refractivity contribution in [3.05, 3.63) is 41.1 Å². The van der Waals surface area contributed by atoms with Crippen LogP contribution in [0, 0.1) is 0 Å². The molecule has 2 N–H and O–H groups in total. The molecule has 0 spiro atoms. The number of allylic oxidation sites excluding steroid dienone is 1. The first-order chi connectivity index (χ1) is 9.04. The molecule has 0 radical (unpaired) electrons. The molecule has 1 aliphatic rings. The van der Waals surface area contributed by atoms with Gasteiger partial charge in [-0.25, -0.2) is 4.79 Å². The number of ether oxygens (including phenoxy) is 1. The molecular weight excluding hydrogens is 246 g/mol. The zero-order chi connectivity index (χ0) is 14.0. The summed E-state index contributed by atoms with van der Waals surface area (Å²) in [6, 6.07) is 6.68. The van der Waals surface area contributed by atoms with Gasteiger partial charge in [0, 0.05) is 23.6 Å². The van der Waals surface area contributed by atoms with E-state index in [4.69, 9.17) is 4.74 Å². The van der Waals surface area contributed by atoms with Gasteiger partial charge < -0.3 is 15.2 Å². The minimum atomic E-state index is -0.495. The van der Waals surface area contributed by atoms with Crippen molar-refractivity contribution in [1.29, 1.82) is 0 Å². The summed E-state index contributed by atoms with van der Waals surface area (Å²) in [5.74, 6) is -1.09. The summed E-state index contributed by atoms with van der Waals surface area (Å²) in [4.78, 5) is 23.5. The van der Waals surface area contributed by atoms with Gasteiger partial charge in [-0.1, -0.05) is 18.2 Å². The number of carbonyl (C=O) groups excluding carboxylic acids is 2. The van der Waals surface area contributed by atoms with Crippen molar-refractivity contribution in [2.75, 3.05) is 7.11 Å². The molecular formula is C14H15NO4. The number of phenolic OH excluding ortho intramolecular Hbond substituents is 1. The number of hydrogen-bond acceptors (Lipinski definition) is 4. The molecule has 5 heteroatoms. The number of aromatic hydroxyl groups is 1. The van der Waals surface area contributed by atoms with Gasteiger partial charge in [0.15, 0.2) is 0 Å². The Morgan fingerprint density at radius 1 is 1.42 bits per heavy atom. The average molecular weight is 261 g/mol.